The van der Waals surface area contributed by atoms with Crippen molar-refractivity contribution in [2.24, 2.45) is 11.8 Å². The van der Waals surface area contributed by atoms with Gasteiger partial charge in [0.25, 0.3) is 0 Å². The Morgan fingerprint density at radius 3 is 3.00 bits per heavy atom. The first kappa shape index (κ1) is 13.8. The van der Waals surface area contributed by atoms with Crippen LogP contribution < -0.4 is 0 Å². The second kappa shape index (κ2) is 5.12. The van der Waals surface area contributed by atoms with Crippen molar-refractivity contribution in [2.75, 3.05) is 13.2 Å². The van der Waals surface area contributed by atoms with Gasteiger partial charge in [0.15, 0.2) is 6.04 Å². The molecule has 1 saturated heterocycles. The minimum Gasteiger partial charge on any atom is -0.479 e. The van der Waals surface area contributed by atoms with Crippen molar-refractivity contribution in [3.05, 3.63) is 23.7 Å². The number of hydrogen-bond acceptors (Lipinski definition) is 4. The number of nitrogens with zero attached hydrogens (tertiary/aromatic N) is 1. The van der Waals surface area contributed by atoms with Gasteiger partial charge in [-0.05, 0) is 31.2 Å². The summed E-state index contributed by atoms with van der Waals surface area (Å²) in [5.74, 6) is -0.204. The lowest BCUT2D eigenvalue weighted by atomic mass is 9.79. The number of amides is 1. The summed E-state index contributed by atoms with van der Waals surface area (Å²) >= 11 is 0. The Kier molecular flexibility index (Phi) is 3.22. The van der Waals surface area contributed by atoms with Gasteiger partial charge in [0.05, 0.1) is 19.0 Å². The van der Waals surface area contributed by atoms with E-state index in [0.717, 1.165) is 19.3 Å². The molecule has 3 aliphatic rings. The highest BCUT2D eigenvalue weighted by atomic mass is 16.5. The lowest BCUT2D eigenvalue weighted by molar-refractivity contribution is -0.154. The van der Waals surface area contributed by atoms with Crippen LogP contribution in [0.15, 0.2) is 16.7 Å². The van der Waals surface area contributed by atoms with Crippen molar-refractivity contribution in [3.63, 3.8) is 0 Å². The summed E-state index contributed by atoms with van der Waals surface area (Å²) in [7, 11) is 0. The number of carboxylic acid groups (broad SMARTS) is 1. The van der Waals surface area contributed by atoms with Gasteiger partial charge in [0.1, 0.15) is 5.76 Å². The van der Waals surface area contributed by atoms with Gasteiger partial charge in [-0.3, -0.25) is 4.79 Å². The third kappa shape index (κ3) is 2.05. The van der Waals surface area contributed by atoms with Gasteiger partial charge >= 0.3 is 5.97 Å². The smallest absolute Gasteiger partial charge is 0.331 e. The van der Waals surface area contributed by atoms with E-state index < -0.39 is 12.0 Å². The van der Waals surface area contributed by atoms with Crippen LogP contribution in [-0.4, -0.2) is 41.1 Å². The van der Waals surface area contributed by atoms with Crippen LogP contribution in [-0.2, 0) is 20.7 Å². The maximum atomic E-state index is 13.0. The van der Waals surface area contributed by atoms with E-state index >= 15 is 0 Å². The van der Waals surface area contributed by atoms with Crippen LogP contribution >= 0.6 is 0 Å². The SMILES string of the molecule is O=C(O)C1c2ccoc2CCN1C(=O)[C@@H]1CC[C@H]2C[C@@H]1CO2. The quantitative estimate of drug-likeness (QED) is 0.898. The minimum atomic E-state index is -0.993. The number of carboxylic acids is 1. The molecule has 1 N–H and O–H groups in total. The topological polar surface area (TPSA) is 80.0 Å². The van der Waals surface area contributed by atoms with Crippen molar-refractivity contribution >= 4 is 11.9 Å². The molecule has 3 heterocycles. The third-order valence-electron chi connectivity index (χ3n) is 5.28. The van der Waals surface area contributed by atoms with E-state index in [2.05, 4.69) is 0 Å². The number of carbonyl (C=O) groups excluding carboxylic acids is 1. The molecule has 2 fully saturated rings. The minimum absolute atomic E-state index is 0.0341. The number of ether oxygens (including phenoxy) is 1. The first-order valence-corrected chi connectivity index (χ1v) is 7.86. The molecule has 1 saturated carbocycles. The molecular formula is C16H19NO5. The molecule has 4 atom stereocenters. The van der Waals surface area contributed by atoms with Gasteiger partial charge in [-0.15, -0.1) is 0 Å². The van der Waals surface area contributed by atoms with Crippen LogP contribution in [0.3, 0.4) is 0 Å². The normalized spacial score (nSPS) is 33.5. The molecule has 1 aromatic rings. The van der Waals surface area contributed by atoms with Crippen LogP contribution in [0, 0.1) is 11.8 Å². The molecular weight excluding hydrogens is 286 g/mol. The standard InChI is InChI=1S/C16H19NO5/c18-15(11-2-1-10-7-9(11)8-22-10)17-5-3-13-12(4-6-21-13)14(17)16(19)20/h4,6,9-11,14H,1-3,5,7-8H2,(H,19,20)/t9-,10+,11-,14?/m1/s1. The summed E-state index contributed by atoms with van der Waals surface area (Å²) < 4.78 is 11.0. The van der Waals surface area contributed by atoms with E-state index in [-0.39, 0.29) is 17.7 Å². The van der Waals surface area contributed by atoms with Crippen molar-refractivity contribution in [1.29, 1.82) is 0 Å². The number of hydrogen-bond donors (Lipinski definition) is 1. The van der Waals surface area contributed by atoms with Crippen molar-refractivity contribution in [1.82, 2.24) is 4.90 Å². The second-order valence-electron chi connectivity index (χ2n) is 6.46. The molecule has 0 spiro atoms. The van der Waals surface area contributed by atoms with Crippen molar-refractivity contribution in [3.8, 4) is 0 Å². The third-order valence-corrected chi connectivity index (χ3v) is 5.28. The molecule has 1 aliphatic carbocycles. The molecule has 1 aromatic heterocycles. The second-order valence-corrected chi connectivity index (χ2v) is 6.46. The molecule has 0 radical (unpaired) electrons. The highest BCUT2D eigenvalue weighted by Gasteiger charge is 2.45. The molecule has 2 bridgehead atoms. The van der Waals surface area contributed by atoms with E-state index in [9.17, 15) is 14.7 Å². The molecule has 6 nitrogen and oxygen atoms in total. The molecule has 118 valence electrons. The van der Waals surface area contributed by atoms with Gasteiger partial charge in [0, 0.05) is 24.4 Å². The van der Waals surface area contributed by atoms with Gasteiger partial charge in [0.2, 0.25) is 5.91 Å². The van der Waals surface area contributed by atoms with Gasteiger partial charge in [-0.25, -0.2) is 4.79 Å². The van der Waals surface area contributed by atoms with E-state index in [0.29, 0.717) is 37.0 Å². The van der Waals surface area contributed by atoms with Gasteiger partial charge in [-0.2, -0.15) is 0 Å². The monoisotopic (exact) mass is 305 g/mol. The fourth-order valence-corrected chi connectivity index (χ4v) is 4.17. The Morgan fingerprint density at radius 2 is 2.18 bits per heavy atom. The van der Waals surface area contributed by atoms with E-state index in [1.807, 2.05) is 0 Å². The summed E-state index contributed by atoms with van der Waals surface area (Å²) in [4.78, 5) is 26.2. The predicted octanol–water partition coefficient (Wildman–Crippen LogP) is 1.61. The molecule has 6 heteroatoms. The molecule has 4 rings (SSSR count). The lowest BCUT2D eigenvalue weighted by Gasteiger charge is -2.37. The van der Waals surface area contributed by atoms with Gasteiger partial charge < -0.3 is 19.2 Å². The van der Waals surface area contributed by atoms with Crippen molar-refractivity contribution < 1.29 is 23.8 Å². The fraction of sp³-hybridized carbons (Fsp3) is 0.625. The summed E-state index contributed by atoms with van der Waals surface area (Å²) in [5.41, 5.74) is 0.614. The van der Waals surface area contributed by atoms with Crippen LogP contribution in [0.1, 0.15) is 36.6 Å². The Balaban J connectivity index is 1.61. The zero-order valence-corrected chi connectivity index (χ0v) is 12.2. The Bertz CT molecular complexity index is 609. The zero-order valence-electron chi connectivity index (χ0n) is 12.2. The number of fused-ring (bicyclic) bond motifs is 3. The molecule has 2 aliphatic heterocycles. The van der Waals surface area contributed by atoms with Crippen LogP contribution in [0.4, 0.5) is 0 Å². The average Bonchev–Trinajstić information content (AvgIpc) is 3.12. The van der Waals surface area contributed by atoms with Crippen LogP contribution in [0.25, 0.3) is 0 Å². The number of furan rings is 1. The Morgan fingerprint density at radius 1 is 1.32 bits per heavy atom. The summed E-state index contributed by atoms with van der Waals surface area (Å²) in [6.45, 7) is 1.04. The highest BCUT2D eigenvalue weighted by Crippen LogP contribution is 2.40. The number of carbonyl (C=O) groups is 2. The Labute approximate surface area is 128 Å². The van der Waals surface area contributed by atoms with E-state index in [1.165, 1.54) is 11.2 Å². The molecule has 0 aromatic carbocycles. The zero-order chi connectivity index (χ0) is 15.3. The first-order chi connectivity index (χ1) is 10.6. The van der Waals surface area contributed by atoms with Crippen LogP contribution in [0.5, 0.6) is 0 Å². The fourth-order valence-electron chi connectivity index (χ4n) is 4.17. The number of rotatable bonds is 2. The van der Waals surface area contributed by atoms with Gasteiger partial charge in [-0.1, -0.05) is 0 Å². The summed E-state index contributed by atoms with van der Waals surface area (Å²) in [5, 5.41) is 9.59. The maximum Gasteiger partial charge on any atom is 0.331 e. The molecule has 1 unspecified atom stereocenters. The number of aliphatic carboxylic acids is 1. The molecule has 1 amide bonds. The molecule has 22 heavy (non-hydrogen) atoms. The van der Waals surface area contributed by atoms with E-state index in [4.69, 9.17) is 9.15 Å². The van der Waals surface area contributed by atoms with E-state index in [1.54, 1.807) is 6.07 Å². The highest BCUT2D eigenvalue weighted by molar-refractivity contribution is 5.87. The maximum absolute atomic E-state index is 13.0. The Hall–Kier alpha value is -1.82. The average molecular weight is 305 g/mol. The summed E-state index contributed by atoms with van der Waals surface area (Å²) in [6.07, 6.45) is 5.01. The van der Waals surface area contributed by atoms with Crippen LogP contribution in [0.2, 0.25) is 0 Å². The summed E-state index contributed by atoms with van der Waals surface area (Å²) in [6, 6.07) is 0.749. The first-order valence-electron chi connectivity index (χ1n) is 7.86. The lowest BCUT2D eigenvalue weighted by Crippen LogP contribution is -2.47. The van der Waals surface area contributed by atoms with Crippen molar-refractivity contribution in [2.45, 2.75) is 37.8 Å². The predicted molar refractivity (Wildman–Crippen MR) is 75.1 cm³/mol. The largest absolute Gasteiger partial charge is 0.479 e.